The number of anilines is 1. The lowest BCUT2D eigenvalue weighted by atomic mass is 10.2. The monoisotopic (exact) mass is 310 g/mol. The number of carbonyl (C=O) groups excluding carboxylic acids is 1. The number of hydrogen-bond donors (Lipinski definition) is 2. The Labute approximate surface area is 128 Å². The summed E-state index contributed by atoms with van der Waals surface area (Å²) in [6.07, 6.45) is 0. The van der Waals surface area contributed by atoms with Crippen LogP contribution in [0.4, 0.5) is 11.4 Å². The molecule has 0 radical (unpaired) electrons. The lowest BCUT2D eigenvalue weighted by molar-refractivity contribution is -0.921. The Kier molecular flexibility index (Phi) is 5.29. The van der Waals surface area contributed by atoms with E-state index in [1.165, 1.54) is 25.3 Å². The van der Waals surface area contributed by atoms with Gasteiger partial charge in [0.15, 0.2) is 6.04 Å². The van der Waals surface area contributed by atoms with Crippen molar-refractivity contribution in [2.24, 2.45) is 0 Å². The van der Waals surface area contributed by atoms with Gasteiger partial charge in [0.1, 0.15) is 18.8 Å². The van der Waals surface area contributed by atoms with Crippen molar-refractivity contribution in [2.45, 2.75) is 13.0 Å². The third-order valence-electron chi connectivity index (χ3n) is 3.79. The van der Waals surface area contributed by atoms with Crippen molar-refractivity contribution in [3.05, 3.63) is 28.3 Å². The molecule has 1 heterocycles. The lowest BCUT2D eigenvalue weighted by Crippen LogP contribution is -3.18. The molecule has 120 valence electrons. The molecular weight excluding hydrogens is 290 g/mol. The van der Waals surface area contributed by atoms with E-state index in [-0.39, 0.29) is 17.6 Å². The number of quaternary nitrogens is 1. The standard InChI is InChI=1S/C14H19N3O5/c1-10(16-5-7-22-8-6-16)14(18)15-12-9-11(17(19)20)3-4-13(12)21-2/h3-4,9-10H,5-8H2,1-2H3,(H,15,18)/p+1/t10-/m1/s1. The van der Waals surface area contributed by atoms with Crippen LogP contribution in [0.15, 0.2) is 18.2 Å². The molecule has 1 aromatic carbocycles. The number of benzene rings is 1. The van der Waals surface area contributed by atoms with Crippen LogP contribution in [0.3, 0.4) is 0 Å². The predicted octanol–water partition coefficient (Wildman–Crippen LogP) is -0.154. The zero-order valence-corrected chi connectivity index (χ0v) is 12.6. The maximum absolute atomic E-state index is 12.4. The zero-order chi connectivity index (χ0) is 16.1. The fourth-order valence-corrected chi connectivity index (χ4v) is 2.40. The van der Waals surface area contributed by atoms with Crippen LogP contribution < -0.4 is 15.0 Å². The van der Waals surface area contributed by atoms with Gasteiger partial charge in [0, 0.05) is 12.1 Å². The minimum Gasteiger partial charge on any atom is -0.495 e. The number of nitrogens with one attached hydrogen (secondary N) is 2. The molecule has 1 saturated heterocycles. The fourth-order valence-electron chi connectivity index (χ4n) is 2.40. The smallest absolute Gasteiger partial charge is 0.282 e. The highest BCUT2D eigenvalue weighted by Gasteiger charge is 2.27. The van der Waals surface area contributed by atoms with E-state index in [9.17, 15) is 14.9 Å². The summed E-state index contributed by atoms with van der Waals surface area (Å²) in [6, 6.07) is 3.84. The van der Waals surface area contributed by atoms with Gasteiger partial charge < -0.3 is 19.7 Å². The van der Waals surface area contributed by atoms with Gasteiger partial charge in [-0.15, -0.1) is 0 Å². The molecule has 1 atom stereocenters. The number of nitro groups is 1. The van der Waals surface area contributed by atoms with Crippen molar-refractivity contribution in [2.75, 3.05) is 38.7 Å². The van der Waals surface area contributed by atoms with Crippen molar-refractivity contribution >= 4 is 17.3 Å². The average molecular weight is 310 g/mol. The quantitative estimate of drug-likeness (QED) is 0.582. The van der Waals surface area contributed by atoms with Crippen molar-refractivity contribution in [3.8, 4) is 5.75 Å². The van der Waals surface area contributed by atoms with Gasteiger partial charge in [0.05, 0.1) is 30.9 Å². The van der Waals surface area contributed by atoms with Crippen molar-refractivity contribution in [1.29, 1.82) is 0 Å². The Morgan fingerprint density at radius 3 is 2.73 bits per heavy atom. The van der Waals surface area contributed by atoms with E-state index in [4.69, 9.17) is 9.47 Å². The fraction of sp³-hybridized carbons (Fsp3) is 0.500. The number of nitro benzene ring substituents is 1. The average Bonchev–Trinajstić information content (AvgIpc) is 2.54. The van der Waals surface area contributed by atoms with Crippen LogP contribution in [0.5, 0.6) is 5.75 Å². The summed E-state index contributed by atoms with van der Waals surface area (Å²) >= 11 is 0. The SMILES string of the molecule is COc1ccc([N+](=O)[O-])cc1NC(=O)[C@@H](C)[NH+]1CCOCC1. The van der Waals surface area contributed by atoms with Gasteiger partial charge in [0.25, 0.3) is 11.6 Å². The topological polar surface area (TPSA) is 95.1 Å². The van der Waals surface area contributed by atoms with Gasteiger partial charge in [-0.3, -0.25) is 14.9 Å². The lowest BCUT2D eigenvalue weighted by Gasteiger charge is -2.28. The Bertz CT molecular complexity index is 557. The van der Waals surface area contributed by atoms with Crippen LogP contribution in [0.25, 0.3) is 0 Å². The number of non-ortho nitro benzene ring substituents is 1. The first-order chi connectivity index (χ1) is 10.5. The zero-order valence-electron chi connectivity index (χ0n) is 12.6. The van der Waals surface area contributed by atoms with Crippen molar-refractivity contribution in [3.63, 3.8) is 0 Å². The maximum Gasteiger partial charge on any atom is 0.282 e. The van der Waals surface area contributed by atoms with E-state index < -0.39 is 4.92 Å². The molecule has 0 spiro atoms. The number of carbonyl (C=O) groups is 1. The first-order valence-corrected chi connectivity index (χ1v) is 7.08. The van der Waals surface area contributed by atoms with Gasteiger partial charge in [-0.05, 0) is 13.0 Å². The molecule has 1 fully saturated rings. The molecule has 0 unspecified atom stereocenters. The highest BCUT2D eigenvalue weighted by molar-refractivity contribution is 5.95. The van der Waals surface area contributed by atoms with Crippen LogP contribution >= 0.6 is 0 Å². The Balaban J connectivity index is 2.12. The second-order valence-electron chi connectivity index (χ2n) is 5.12. The van der Waals surface area contributed by atoms with Crippen LogP contribution in [-0.2, 0) is 9.53 Å². The van der Waals surface area contributed by atoms with E-state index in [2.05, 4.69) is 5.32 Å². The van der Waals surface area contributed by atoms with E-state index >= 15 is 0 Å². The third-order valence-corrected chi connectivity index (χ3v) is 3.79. The van der Waals surface area contributed by atoms with Gasteiger partial charge in [-0.25, -0.2) is 0 Å². The van der Waals surface area contributed by atoms with Crippen molar-refractivity contribution < 1.29 is 24.1 Å². The molecule has 2 N–H and O–H groups in total. The summed E-state index contributed by atoms with van der Waals surface area (Å²) in [4.78, 5) is 23.8. The normalized spacial score (nSPS) is 16.8. The largest absolute Gasteiger partial charge is 0.495 e. The Hall–Kier alpha value is -2.19. The molecule has 1 aliphatic heterocycles. The summed E-state index contributed by atoms with van der Waals surface area (Å²) in [7, 11) is 1.45. The summed E-state index contributed by atoms with van der Waals surface area (Å²) < 4.78 is 10.4. The van der Waals surface area contributed by atoms with Gasteiger partial charge in [0.2, 0.25) is 0 Å². The number of hydrogen-bond acceptors (Lipinski definition) is 5. The van der Waals surface area contributed by atoms with Gasteiger partial charge in [-0.1, -0.05) is 0 Å². The van der Waals surface area contributed by atoms with Crippen LogP contribution in [0.1, 0.15) is 6.92 Å². The minimum atomic E-state index is -0.508. The highest BCUT2D eigenvalue weighted by atomic mass is 16.6. The molecule has 1 aliphatic rings. The van der Waals surface area contributed by atoms with E-state index in [1.807, 2.05) is 6.92 Å². The molecular formula is C14H20N3O5+. The molecule has 0 saturated carbocycles. The number of amides is 1. The number of methoxy groups -OCH3 is 1. The van der Waals surface area contributed by atoms with Crippen LogP contribution in [0.2, 0.25) is 0 Å². The van der Waals surface area contributed by atoms with E-state index in [0.717, 1.165) is 18.0 Å². The molecule has 2 rings (SSSR count). The summed E-state index contributed by atoms with van der Waals surface area (Å²) in [6.45, 7) is 4.63. The summed E-state index contributed by atoms with van der Waals surface area (Å²) in [5, 5.41) is 13.6. The second kappa shape index (κ2) is 7.19. The van der Waals surface area contributed by atoms with Crippen LogP contribution in [-0.4, -0.2) is 50.3 Å². The number of ether oxygens (including phenoxy) is 2. The first-order valence-electron chi connectivity index (χ1n) is 7.08. The van der Waals surface area contributed by atoms with Gasteiger partial charge >= 0.3 is 0 Å². The molecule has 1 aromatic rings. The van der Waals surface area contributed by atoms with Crippen LogP contribution in [0, 0.1) is 10.1 Å². The molecule has 0 aromatic heterocycles. The van der Waals surface area contributed by atoms with E-state index in [0.29, 0.717) is 24.7 Å². The molecule has 0 aliphatic carbocycles. The summed E-state index contributed by atoms with van der Waals surface area (Å²) in [5.74, 6) is 0.193. The maximum atomic E-state index is 12.4. The number of rotatable bonds is 5. The third kappa shape index (κ3) is 3.71. The molecule has 8 nitrogen and oxygen atoms in total. The molecule has 1 amide bonds. The molecule has 0 bridgehead atoms. The number of nitrogens with zero attached hydrogens (tertiary/aromatic N) is 1. The molecule has 22 heavy (non-hydrogen) atoms. The highest BCUT2D eigenvalue weighted by Crippen LogP contribution is 2.28. The summed E-state index contributed by atoms with van der Waals surface area (Å²) in [5.41, 5.74) is 0.212. The van der Waals surface area contributed by atoms with Crippen molar-refractivity contribution in [1.82, 2.24) is 0 Å². The predicted molar refractivity (Wildman–Crippen MR) is 79.3 cm³/mol. The Morgan fingerprint density at radius 1 is 1.45 bits per heavy atom. The first kappa shape index (κ1) is 16.2. The molecule has 8 heteroatoms. The van der Waals surface area contributed by atoms with E-state index in [1.54, 1.807) is 0 Å². The Morgan fingerprint density at radius 2 is 2.14 bits per heavy atom. The second-order valence-corrected chi connectivity index (χ2v) is 5.12. The number of morpholine rings is 1. The minimum absolute atomic E-state index is 0.0949. The van der Waals surface area contributed by atoms with Gasteiger partial charge in [-0.2, -0.15) is 0 Å².